The van der Waals surface area contributed by atoms with Crippen molar-refractivity contribution in [1.82, 2.24) is 10.2 Å². The fourth-order valence-electron chi connectivity index (χ4n) is 3.53. The smallest absolute Gasteiger partial charge is 0.325 e. The summed E-state index contributed by atoms with van der Waals surface area (Å²) in [5.41, 5.74) is 1.24. The molecule has 1 fully saturated rings. The molecule has 3 amide bonds. The number of hydrogen-bond donors (Lipinski definition) is 1. The number of nitrogens with one attached hydrogen (secondary N) is 1. The van der Waals surface area contributed by atoms with Gasteiger partial charge in [0.2, 0.25) is 0 Å². The van der Waals surface area contributed by atoms with Crippen LogP contribution in [0.15, 0.2) is 48.5 Å². The van der Waals surface area contributed by atoms with Crippen LogP contribution >= 0.6 is 0 Å². The van der Waals surface area contributed by atoms with E-state index in [1.807, 2.05) is 24.3 Å². The second-order valence-electron chi connectivity index (χ2n) is 8.74. The molecule has 0 aliphatic carbocycles. The number of imide groups is 1. The first kappa shape index (κ1) is 21.6. The molecule has 2 aromatic rings. The summed E-state index contributed by atoms with van der Waals surface area (Å²) in [6.45, 7) is 9.74. The van der Waals surface area contributed by atoms with Gasteiger partial charge >= 0.3 is 6.03 Å². The fourth-order valence-corrected chi connectivity index (χ4v) is 3.53. The van der Waals surface area contributed by atoms with E-state index in [-0.39, 0.29) is 30.3 Å². The quantitative estimate of drug-likeness (QED) is 0.578. The van der Waals surface area contributed by atoms with E-state index in [1.165, 1.54) is 6.92 Å². The lowest BCUT2D eigenvalue weighted by Gasteiger charge is -2.24. The van der Waals surface area contributed by atoms with Crippen molar-refractivity contribution in [3.8, 4) is 5.75 Å². The van der Waals surface area contributed by atoms with Crippen LogP contribution < -0.4 is 10.1 Å². The van der Waals surface area contributed by atoms with E-state index in [9.17, 15) is 14.4 Å². The summed E-state index contributed by atoms with van der Waals surface area (Å²) in [4.78, 5) is 38.4. The first-order valence-corrected chi connectivity index (χ1v) is 10.0. The third-order valence-corrected chi connectivity index (χ3v) is 5.44. The Kier molecular flexibility index (Phi) is 5.70. The zero-order chi connectivity index (χ0) is 22.1. The predicted molar refractivity (Wildman–Crippen MR) is 115 cm³/mol. The first-order chi connectivity index (χ1) is 14.0. The molecule has 0 aromatic heterocycles. The molecular weight excluding hydrogens is 380 g/mol. The second kappa shape index (κ2) is 7.94. The zero-order valence-electron chi connectivity index (χ0n) is 18.1. The maximum atomic E-state index is 13.1. The van der Waals surface area contributed by atoms with Gasteiger partial charge in [-0.25, -0.2) is 4.79 Å². The molecule has 0 bridgehead atoms. The number of rotatable bonds is 6. The molecule has 1 unspecified atom stereocenters. The zero-order valence-corrected chi connectivity index (χ0v) is 18.1. The van der Waals surface area contributed by atoms with Gasteiger partial charge in [0.1, 0.15) is 17.9 Å². The fraction of sp³-hybridized carbons (Fsp3) is 0.375. The van der Waals surface area contributed by atoms with E-state index < -0.39 is 11.6 Å². The van der Waals surface area contributed by atoms with Crippen molar-refractivity contribution in [1.29, 1.82) is 0 Å². The van der Waals surface area contributed by atoms with Crippen molar-refractivity contribution in [2.24, 2.45) is 0 Å². The molecule has 1 heterocycles. The van der Waals surface area contributed by atoms with E-state index in [2.05, 4.69) is 26.1 Å². The average Bonchev–Trinajstić information content (AvgIpc) is 2.91. The van der Waals surface area contributed by atoms with Crippen LogP contribution in [-0.4, -0.2) is 35.8 Å². The minimum Gasteiger partial charge on any atom is -0.491 e. The van der Waals surface area contributed by atoms with Crippen LogP contribution in [-0.2, 0) is 15.7 Å². The lowest BCUT2D eigenvalue weighted by molar-refractivity contribution is -0.131. The van der Waals surface area contributed by atoms with Gasteiger partial charge in [0.05, 0.1) is 12.1 Å². The van der Waals surface area contributed by atoms with Gasteiger partial charge in [-0.15, -0.1) is 0 Å². The van der Waals surface area contributed by atoms with Crippen LogP contribution in [0.2, 0.25) is 0 Å². The van der Waals surface area contributed by atoms with Gasteiger partial charge in [-0.1, -0.05) is 57.2 Å². The molecule has 3 rings (SSSR count). The molecule has 6 heteroatoms. The minimum atomic E-state index is -1.12. The Balaban J connectivity index is 1.71. The summed E-state index contributed by atoms with van der Waals surface area (Å²) in [5.74, 6) is 0.0175. The summed E-state index contributed by atoms with van der Waals surface area (Å²) in [6.07, 6.45) is 0. The molecule has 2 aromatic carbocycles. The van der Waals surface area contributed by atoms with E-state index >= 15 is 0 Å². The van der Waals surface area contributed by atoms with Gasteiger partial charge in [-0.05, 0) is 42.5 Å². The first-order valence-electron chi connectivity index (χ1n) is 10.0. The molecule has 1 aliphatic rings. The van der Waals surface area contributed by atoms with E-state index in [0.717, 1.165) is 16.0 Å². The lowest BCUT2D eigenvalue weighted by atomic mass is 9.84. The highest BCUT2D eigenvalue weighted by atomic mass is 16.5. The third-order valence-electron chi connectivity index (χ3n) is 5.44. The van der Waals surface area contributed by atoms with Gasteiger partial charge in [0, 0.05) is 0 Å². The number of urea groups is 1. The van der Waals surface area contributed by atoms with Crippen LogP contribution in [0.5, 0.6) is 5.75 Å². The summed E-state index contributed by atoms with van der Waals surface area (Å²) in [5, 5.41) is 2.81. The molecular formula is C24H28N2O4. The molecule has 1 saturated heterocycles. The van der Waals surface area contributed by atoms with Crippen molar-refractivity contribution in [2.45, 2.75) is 45.6 Å². The summed E-state index contributed by atoms with van der Waals surface area (Å²) < 4.78 is 5.69. The van der Waals surface area contributed by atoms with Crippen molar-refractivity contribution < 1.29 is 19.1 Å². The monoisotopic (exact) mass is 408 g/mol. The Hall–Kier alpha value is -3.15. The van der Waals surface area contributed by atoms with Crippen molar-refractivity contribution >= 4 is 17.7 Å². The SMILES string of the molecule is CC(=O)c1ccccc1OCCN1C(=O)NC(C)(c2ccc(C(C)(C)C)cc2)C1=O. The van der Waals surface area contributed by atoms with E-state index in [0.29, 0.717) is 11.3 Å². The topological polar surface area (TPSA) is 75.7 Å². The van der Waals surface area contributed by atoms with Crippen LogP contribution in [0.3, 0.4) is 0 Å². The van der Waals surface area contributed by atoms with Crippen LogP contribution in [0.25, 0.3) is 0 Å². The largest absolute Gasteiger partial charge is 0.491 e. The Labute approximate surface area is 177 Å². The molecule has 1 aliphatic heterocycles. The summed E-state index contributed by atoms with van der Waals surface area (Å²) in [6, 6.07) is 14.2. The summed E-state index contributed by atoms with van der Waals surface area (Å²) >= 11 is 0. The minimum absolute atomic E-state index is 0.00189. The third kappa shape index (κ3) is 4.08. The van der Waals surface area contributed by atoms with Crippen LogP contribution in [0.1, 0.15) is 56.1 Å². The maximum absolute atomic E-state index is 13.1. The van der Waals surface area contributed by atoms with Crippen molar-refractivity contribution in [2.75, 3.05) is 13.2 Å². The van der Waals surface area contributed by atoms with Crippen LogP contribution in [0, 0.1) is 0 Å². The Morgan fingerprint density at radius 1 is 1.07 bits per heavy atom. The molecule has 1 N–H and O–H groups in total. The van der Waals surface area contributed by atoms with Gasteiger partial charge in [0.25, 0.3) is 5.91 Å². The molecule has 0 radical (unpaired) electrons. The van der Waals surface area contributed by atoms with Crippen molar-refractivity contribution in [3.05, 3.63) is 65.2 Å². The van der Waals surface area contributed by atoms with Gasteiger partial charge < -0.3 is 10.1 Å². The number of benzene rings is 2. The van der Waals surface area contributed by atoms with Gasteiger partial charge in [-0.3, -0.25) is 14.5 Å². The number of carbonyl (C=O) groups is 3. The maximum Gasteiger partial charge on any atom is 0.325 e. The van der Waals surface area contributed by atoms with Crippen molar-refractivity contribution in [3.63, 3.8) is 0 Å². The highest BCUT2D eigenvalue weighted by Gasteiger charge is 2.48. The normalized spacial score (nSPS) is 19.0. The predicted octanol–water partition coefficient (Wildman–Crippen LogP) is 4.03. The number of para-hydroxylation sites is 1. The van der Waals surface area contributed by atoms with Gasteiger partial charge in [-0.2, -0.15) is 0 Å². The second-order valence-corrected chi connectivity index (χ2v) is 8.74. The number of nitrogens with zero attached hydrogens (tertiary/aromatic N) is 1. The number of hydrogen-bond acceptors (Lipinski definition) is 4. The Morgan fingerprint density at radius 2 is 1.70 bits per heavy atom. The lowest BCUT2D eigenvalue weighted by Crippen LogP contribution is -2.41. The number of Topliss-reactive ketones (excluding diaryl/α,β-unsaturated/α-hetero) is 1. The number of amides is 3. The molecule has 6 nitrogen and oxygen atoms in total. The van der Waals surface area contributed by atoms with Gasteiger partial charge in [0.15, 0.2) is 5.78 Å². The Morgan fingerprint density at radius 3 is 2.30 bits per heavy atom. The molecule has 158 valence electrons. The Bertz CT molecular complexity index is 975. The molecule has 0 spiro atoms. The molecule has 0 saturated carbocycles. The average molecular weight is 408 g/mol. The van der Waals surface area contributed by atoms with E-state index in [4.69, 9.17) is 4.74 Å². The number of ether oxygens (including phenoxy) is 1. The standard InChI is InChI=1S/C24H28N2O4/c1-16(27)19-8-6-7-9-20(19)30-15-14-26-21(28)24(5,25-22(26)29)18-12-10-17(11-13-18)23(2,3)4/h6-13H,14-15H2,1-5H3,(H,25,29). The van der Waals surface area contributed by atoms with E-state index in [1.54, 1.807) is 31.2 Å². The highest BCUT2D eigenvalue weighted by molar-refractivity contribution is 6.07. The molecule has 1 atom stereocenters. The highest BCUT2D eigenvalue weighted by Crippen LogP contribution is 2.31. The van der Waals surface area contributed by atoms with Crippen LogP contribution in [0.4, 0.5) is 4.79 Å². The number of carbonyl (C=O) groups excluding carboxylic acids is 3. The number of ketones is 1. The molecule has 30 heavy (non-hydrogen) atoms. The summed E-state index contributed by atoms with van der Waals surface area (Å²) in [7, 11) is 0.